The highest BCUT2D eigenvalue weighted by molar-refractivity contribution is 6.30. The van der Waals surface area contributed by atoms with Crippen LogP contribution < -0.4 is 0 Å². The number of benzene rings is 2. The van der Waals surface area contributed by atoms with E-state index in [0.717, 1.165) is 0 Å². The summed E-state index contributed by atoms with van der Waals surface area (Å²) in [4.78, 5) is 16.4. The molecule has 0 bridgehead atoms. The van der Waals surface area contributed by atoms with E-state index in [4.69, 9.17) is 16.3 Å². The van der Waals surface area contributed by atoms with Crippen LogP contribution in [0, 0.1) is 17.1 Å². The number of nitrogens with zero attached hydrogens (tertiary/aromatic N) is 3. The van der Waals surface area contributed by atoms with Crippen LogP contribution in [-0.4, -0.2) is 22.5 Å². The summed E-state index contributed by atoms with van der Waals surface area (Å²) in [5, 5.41) is 10.0. The molecule has 0 unspecified atom stereocenters. The van der Waals surface area contributed by atoms with E-state index in [-0.39, 0.29) is 5.69 Å². The Hall–Kier alpha value is -3.69. The van der Waals surface area contributed by atoms with Gasteiger partial charge in [-0.05, 0) is 35.9 Å². The Labute approximate surface area is 170 Å². The second kappa shape index (κ2) is 7.38. The molecule has 0 fully saturated rings. The Morgan fingerprint density at radius 3 is 2.59 bits per heavy atom. The molecule has 0 N–H and O–H groups in total. The number of imidazole rings is 1. The van der Waals surface area contributed by atoms with Crippen molar-refractivity contribution in [2.75, 3.05) is 7.11 Å². The Morgan fingerprint density at radius 1 is 1.14 bits per heavy atom. The van der Waals surface area contributed by atoms with E-state index in [9.17, 15) is 14.4 Å². The van der Waals surface area contributed by atoms with Crippen molar-refractivity contribution in [1.82, 2.24) is 9.38 Å². The van der Waals surface area contributed by atoms with Crippen LogP contribution in [0.4, 0.5) is 4.39 Å². The van der Waals surface area contributed by atoms with Gasteiger partial charge >= 0.3 is 5.97 Å². The molecule has 2 heterocycles. The second-order valence-electron chi connectivity index (χ2n) is 6.23. The van der Waals surface area contributed by atoms with Crippen LogP contribution in [0.15, 0.2) is 60.8 Å². The zero-order valence-electron chi connectivity index (χ0n) is 15.2. The third-order valence-corrected chi connectivity index (χ3v) is 4.79. The number of hydrogen-bond donors (Lipinski definition) is 0. The maximum atomic E-state index is 14.6. The maximum absolute atomic E-state index is 14.6. The summed E-state index contributed by atoms with van der Waals surface area (Å²) in [5.41, 5.74) is 2.91. The average molecular weight is 406 g/mol. The van der Waals surface area contributed by atoms with Crippen molar-refractivity contribution >= 4 is 23.2 Å². The lowest BCUT2D eigenvalue weighted by molar-refractivity contribution is 0.0600. The number of methoxy groups -OCH3 is 1. The minimum atomic E-state index is -0.501. The van der Waals surface area contributed by atoms with Crippen molar-refractivity contribution in [3.63, 3.8) is 0 Å². The number of esters is 1. The van der Waals surface area contributed by atoms with Crippen molar-refractivity contribution in [2.45, 2.75) is 0 Å². The zero-order valence-corrected chi connectivity index (χ0v) is 15.9. The molecule has 4 aromatic rings. The monoisotopic (exact) mass is 405 g/mol. The topological polar surface area (TPSA) is 67.4 Å². The van der Waals surface area contributed by atoms with Crippen LogP contribution in [0.2, 0.25) is 5.02 Å². The number of rotatable bonds is 3. The van der Waals surface area contributed by atoms with Gasteiger partial charge in [0.1, 0.15) is 23.2 Å². The fourth-order valence-electron chi connectivity index (χ4n) is 3.22. The summed E-state index contributed by atoms with van der Waals surface area (Å²) in [6.45, 7) is 0. The number of nitriles is 1. The van der Waals surface area contributed by atoms with E-state index >= 15 is 0 Å². The first-order chi connectivity index (χ1) is 14.0. The SMILES string of the molecule is COC(=O)c1ccn2c(C#N)c(-c3ccccc3-c3ccc(Cl)cc3F)nc2c1. The third kappa shape index (κ3) is 3.22. The summed E-state index contributed by atoms with van der Waals surface area (Å²) >= 11 is 5.88. The van der Waals surface area contributed by atoms with Gasteiger partial charge in [-0.1, -0.05) is 35.9 Å². The smallest absolute Gasteiger partial charge is 0.338 e. The molecule has 0 spiro atoms. The summed E-state index contributed by atoms with van der Waals surface area (Å²) in [5.74, 6) is -0.973. The molecule has 2 aromatic carbocycles. The van der Waals surface area contributed by atoms with Crippen LogP contribution in [-0.2, 0) is 4.74 Å². The van der Waals surface area contributed by atoms with E-state index < -0.39 is 11.8 Å². The van der Waals surface area contributed by atoms with E-state index in [1.165, 1.54) is 13.2 Å². The molecule has 0 aliphatic carbocycles. The highest BCUT2D eigenvalue weighted by Crippen LogP contribution is 2.35. The number of pyridine rings is 1. The van der Waals surface area contributed by atoms with Crippen LogP contribution >= 0.6 is 11.6 Å². The summed E-state index contributed by atoms with van der Waals surface area (Å²) in [6, 6.07) is 16.8. The molecule has 0 aliphatic rings. The predicted octanol–water partition coefficient (Wildman–Crippen LogP) is 5.12. The summed E-state index contributed by atoms with van der Waals surface area (Å²) in [7, 11) is 1.29. The van der Waals surface area contributed by atoms with Gasteiger partial charge in [0.25, 0.3) is 0 Å². The van der Waals surface area contributed by atoms with E-state index in [1.807, 2.05) is 0 Å². The molecule has 0 atom stereocenters. The summed E-state index contributed by atoms with van der Waals surface area (Å²) < 4.78 is 20.9. The number of ether oxygens (including phenoxy) is 1. The van der Waals surface area contributed by atoms with Crippen LogP contribution in [0.1, 0.15) is 16.1 Å². The number of fused-ring (bicyclic) bond motifs is 1. The average Bonchev–Trinajstić information content (AvgIpc) is 3.10. The number of hydrogen-bond acceptors (Lipinski definition) is 4. The quantitative estimate of drug-likeness (QED) is 0.444. The highest BCUT2D eigenvalue weighted by Gasteiger charge is 2.20. The molecule has 5 nitrogen and oxygen atoms in total. The van der Waals surface area contributed by atoms with Crippen molar-refractivity contribution in [3.8, 4) is 28.5 Å². The Bertz CT molecular complexity index is 1310. The molecular weight excluding hydrogens is 393 g/mol. The Kier molecular flexibility index (Phi) is 4.75. The molecule has 142 valence electrons. The zero-order chi connectivity index (χ0) is 20.5. The lowest BCUT2D eigenvalue weighted by Crippen LogP contribution is -2.02. The van der Waals surface area contributed by atoms with Crippen molar-refractivity contribution in [2.24, 2.45) is 0 Å². The van der Waals surface area contributed by atoms with Crippen molar-refractivity contribution < 1.29 is 13.9 Å². The number of halogens is 2. The largest absolute Gasteiger partial charge is 0.465 e. The van der Waals surface area contributed by atoms with Gasteiger partial charge in [0.15, 0.2) is 5.69 Å². The van der Waals surface area contributed by atoms with Gasteiger partial charge in [0.05, 0.1) is 12.7 Å². The van der Waals surface area contributed by atoms with Gasteiger partial charge in [-0.25, -0.2) is 14.2 Å². The van der Waals surface area contributed by atoms with Crippen molar-refractivity contribution in [1.29, 1.82) is 5.26 Å². The van der Waals surface area contributed by atoms with Gasteiger partial charge in [-0.15, -0.1) is 0 Å². The van der Waals surface area contributed by atoms with Gasteiger partial charge in [0, 0.05) is 22.3 Å². The third-order valence-electron chi connectivity index (χ3n) is 4.56. The summed E-state index contributed by atoms with van der Waals surface area (Å²) in [6.07, 6.45) is 1.59. The van der Waals surface area contributed by atoms with Crippen LogP contribution in [0.5, 0.6) is 0 Å². The molecule has 0 amide bonds. The predicted molar refractivity (Wildman–Crippen MR) is 107 cm³/mol. The standard InChI is InChI=1S/C22H13ClFN3O2/c1-29-22(28)13-8-9-27-19(12-25)21(26-20(27)10-13)17-5-3-2-4-15(17)16-7-6-14(23)11-18(16)24/h2-11H,1H3. The number of aromatic nitrogens is 2. The van der Waals surface area contributed by atoms with E-state index in [0.29, 0.717) is 38.6 Å². The van der Waals surface area contributed by atoms with Gasteiger partial charge in [0.2, 0.25) is 0 Å². The molecule has 0 saturated carbocycles. The Morgan fingerprint density at radius 2 is 1.90 bits per heavy atom. The normalized spacial score (nSPS) is 10.7. The highest BCUT2D eigenvalue weighted by atomic mass is 35.5. The minimum Gasteiger partial charge on any atom is -0.465 e. The van der Waals surface area contributed by atoms with Crippen molar-refractivity contribution in [3.05, 3.63) is 82.9 Å². The van der Waals surface area contributed by atoms with Crippen LogP contribution in [0.25, 0.3) is 28.0 Å². The minimum absolute atomic E-state index is 0.276. The van der Waals surface area contributed by atoms with E-state index in [1.54, 1.807) is 59.1 Å². The molecule has 29 heavy (non-hydrogen) atoms. The Balaban J connectivity index is 1.96. The fraction of sp³-hybridized carbons (Fsp3) is 0.0455. The molecule has 0 radical (unpaired) electrons. The lowest BCUT2D eigenvalue weighted by Gasteiger charge is -2.09. The van der Waals surface area contributed by atoms with Gasteiger partial charge in [-0.2, -0.15) is 5.26 Å². The van der Waals surface area contributed by atoms with E-state index in [2.05, 4.69) is 11.1 Å². The molecule has 4 rings (SSSR count). The first-order valence-electron chi connectivity index (χ1n) is 8.59. The molecule has 0 aliphatic heterocycles. The van der Waals surface area contributed by atoms with Crippen LogP contribution in [0.3, 0.4) is 0 Å². The molecule has 7 heteroatoms. The number of carbonyl (C=O) groups is 1. The first kappa shape index (κ1) is 18.7. The second-order valence-corrected chi connectivity index (χ2v) is 6.66. The molecular formula is C22H13ClFN3O2. The first-order valence-corrected chi connectivity index (χ1v) is 8.96. The van der Waals surface area contributed by atoms with Gasteiger partial charge in [-0.3, -0.25) is 4.40 Å². The molecule has 2 aromatic heterocycles. The maximum Gasteiger partial charge on any atom is 0.338 e. The van der Waals surface area contributed by atoms with Gasteiger partial charge < -0.3 is 4.74 Å². The number of carbonyl (C=O) groups excluding carboxylic acids is 1. The molecule has 0 saturated heterocycles. The lowest BCUT2D eigenvalue weighted by atomic mass is 9.96. The fourth-order valence-corrected chi connectivity index (χ4v) is 3.38.